The number of benzene rings is 1. The van der Waals surface area contributed by atoms with Crippen LogP contribution in [0.4, 0.5) is 14.5 Å². The fraction of sp³-hybridized carbons (Fsp3) is 0.364. The minimum Gasteiger partial charge on any atom is -0.299 e. The monoisotopic (exact) mass is 243 g/mol. The van der Waals surface area contributed by atoms with Gasteiger partial charge >= 0.3 is 0 Å². The second-order valence-corrected chi connectivity index (χ2v) is 3.51. The van der Waals surface area contributed by atoms with E-state index in [4.69, 9.17) is 0 Å². The summed E-state index contributed by atoms with van der Waals surface area (Å²) in [6.07, 6.45) is -2.69. The minimum absolute atomic E-state index is 0.117. The smallest absolute Gasteiger partial charge is 0.269 e. The molecule has 0 aliphatic carbocycles. The lowest BCUT2D eigenvalue weighted by molar-refractivity contribution is -0.385. The molecule has 4 nitrogen and oxygen atoms in total. The topological polar surface area (TPSA) is 60.2 Å². The van der Waals surface area contributed by atoms with Crippen LogP contribution < -0.4 is 0 Å². The van der Waals surface area contributed by atoms with E-state index in [-0.39, 0.29) is 24.2 Å². The van der Waals surface area contributed by atoms with Crippen molar-refractivity contribution < 1.29 is 18.5 Å². The molecule has 17 heavy (non-hydrogen) atoms. The quantitative estimate of drug-likeness (QED) is 0.589. The summed E-state index contributed by atoms with van der Waals surface area (Å²) < 4.78 is 25.4. The first-order valence-electron chi connectivity index (χ1n) is 5.02. The van der Waals surface area contributed by atoms with Crippen molar-refractivity contribution >= 4 is 11.5 Å². The zero-order valence-electron chi connectivity index (χ0n) is 9.15. The van der Waals surface area contributed by atoms with Crippen LogP contribution in [0.15, 0.2) is 18.2 Å². The van der Waals surface area contributed by atoms with E-state index < -0.39 is 22.6 Å². The number of nitrogens with zero attached hydrogens (tertiary/aromatic N) is 1. The van der Waals surface area contributed by atoms with Crippen LogP contribution in [-0.2, 0) is 11.2 Å². The van der Waals surface area contributed by atoms with Gasteiger partial charge in [0.05, 0.1) is 4.92 Å². The molecule has 0 atom stereocenters. The predicted molar refractivity (Wildman–Crippen MR) is 57.1 cm³/mol. The van der Waals surface area contributed by atoms with E-state index >= 15 is 0 Å². The Morgan fingerprint density at radius 1 is 1.47 bits per heavy atom. The second-order valence-electron chi connectivity index (χ2n) is 3.51. The van der Waals surface area contributed by atoms with Crippen molar-refractivity contribution in [1.29, 1.82) is 0 Å². The number of hydrogen-bond donors (Lipinski definition) is 0. The number of non-ortho nitro benzene ring substituents is 1. The van der Waals surface area contributed by atoms with Gasteiger partial charge in [-0.1, -0.05) is 13.0 Å². The molecular weight excluding hydrogens is 232 g/mol. The third kappa shape index (κ3) is 3.30. The van der Waals surface area contributed by atoms with Crippen LogP contribution in [0.25, 0.3) is 0 Å². The molecule has 92 valence electrons. The average Bonchev–Trinajstić information content (AvgIpc) is 2.28. The molecule has 0 fully saturated rings. The van der Waals surface area contributed by atoms with Gasteiger partial charge in [0.1, 0.15) is 5.78 Å². The van der Waals surface area contributed by atoms with Gasteiger partial charge in [0.15, 0.2) is 0 Å². The molecule has 1 rings (SSSR count). The Balaban J connectivity index is 3.13. The fourth-order valence-corrected chi connectivity index (χ4v) is 1.40. The van der Waals surface area contributed by atoms with Gasteiger partial charge in [-0.3, -0.25) is 14.9 Å². The van der Waals surface area contributed by atoms with E-state index in [9.17, 15) is 23.7 Å². The second kappa shape index (κ2) is 5.47. The highest BCUT2D eigenvalue weighted by Gasteiger charge is 2.18. The highest BCUT2D eigenvalue weighted by molar-refractivity contribution is 5.81. The summed E-state index contributed by atoms with van der Waals surface area (Å²) in [6, 6.07) is 3.17. The Morgan fingerprint density at radius 3 is 2.59 bits per heavy atom. The maximum Gasteiger partial charge on any atom is 0.269 e. The van der Waals surface area contributed by atoms with E-state index in [0.717, 1.165) is 12.1 Å². The van der Waals surface area contributed by atoms with Crippen LogP contribution in [0, 0.1) is 10.1 Å². The highest BCUT2D eigenvalue weighted by atomic mass is 19.3. The van der Waals surface area contributed by atoms with E-state index in [0.29, 0.717) is 0 Å². The maximum atomic E-state index is 12.7. The van der Waals surface area contributed by atoms with Gasteiger partial charge in [0.2, 0.25) is 0 Å². The van der Waals surface area contributed by atoms with Crippen molar-refractivity contribution in [3.8, 4) is 0 Å². The van der Waals surface area contributed by atoms with Crippen LogP contribution in [-0.4, -0.2) is 10.7 Å². The number of halogens is 2. The lowest BCUT2D eigenvalue weighted by atomic mass is 10.0. The number of Topliss-reactive ketones (excluding diaryl/α,β-unsaturated/α-hetero) is 1. The lowest BCUT2D eigenvalue weighted by Crippen LogP contribution is -2.05. The predicted octanol–water partition coefficient (Wildman–Crippen LogP) is 3.05. The van der Waals surface area contributed by atoms with Gasteiger partial charge in [0, 0.05) is 30.5 Å². The molecule has 0 bridgehead atoms. The molecule has 0 spiro atoms. The average molecular weight is 243 g/mol. The number of rotatable bonds is 5. The van der Waals surface area contributed by atoms with Crippen molar-refractivity contribution in [2.45, 2.75) is 26.2 Å². The van der Waals surface area contributed by atoms with Crippen molar-refractivity contribution in [1.82, 2.24) is 0 Å². The molecule has 1 aromatic rings. The molecule has 0 heterocycles. The summed E-state index contributed by atoms with van der Waals surface area (Å²) in [5, 5.41) is 10.5. The summed E-state index contributed by atoms with van der Waals surface area (Å²) in [7, 11) is 0. The van der Waals surface area contributed by atoms with E-state index in [1.807, 2.05) is 0 Å². The number of hydrogen-bond acceptors (Lipinski definition) is 3. The van der Waals surface area contributed by atoms with Crippen LogP contribution >= 0.6 is 0 Å². The summed E-state index contributed by atoms with van der Waals surface area (Å²) in [5.74, 6) is -0.180. The summed E-state index contributed by atoms with van der Waals surface area (Å²) in [4.78, 5) is 20.9. The van der Waals surface area contributed by atoms with Crippen LogP contribution in [0.1, 0.15) is 30.9 Å². The van der Waals surface area contributed by atoms with Crippen molar-refractivity contribution in [2.75, 3.05) is 0 Å². The number of nitro benzene ring substituents is 1. The van der Waals surface area contributed by atoms with Gasteiger partial charge in [-0.2, -0.15) is 0 Å². The lowest BCUT2D eigenvalue weighted by Gasteiger charge is -2.07. The normalized spacial score (nSPS) is 10.6. The largest absolute Gasteiger partial charge is 0.299 e. The first-order chi connectivity index (χ1) is 7.95. The Morgan fingerprint density at radius 2 is 2.12 bits per heavy atom. The van der Waals surface area contributed by atoms with Gasteiger partial charge in [-0.05, 0) is 5.56 Å². The van der Waals surface area contributed by atoms with E-state index in [1.54, 1.807) is 6.92 Å². The number of carbonyl (C=O) groups is 1. The fourth-order valence-electron chi connectivity index (χ4n) is 1.40. The highest BCUT2D eigenvalue weighted by Crippen LogP contribution is 2.27. The zero-order valence-corrected chi connectivity index (χ0v) is 9.15. The van der Waals surface area contributed by atoms with Gasteiger partial charge in [-0.15, -0.1) is 0 Å². The van der Waals surface area contributed by atoms with Crippen LogP contribution in [0.3, 0.4) is 0 Å². The van der Waals surface area contributed by atoms with E-state index in [2.05, 4.69) is 0 Å². The summed E-state index contributed by atoms with van der Waals surface area (Å²) >= 11 is 0. The molecule has 0 amide bonds. The zero-order chi connectivity index (χ0) is 13.0. The first kappa shape index (κ1) is 13.2. The Labute approximate surface area is 96.4 Å². The number of alkyl halides is 2. The Hall–Kier alpha value is -1.85. The standard InChI is InChI=1S/C11H11F2NO3/c1-2-9(15)5-7-3-4-8(14(16)17)6-10(7)11(12)13/h3-4,6,11H,2,5H2,1H3. The maximum absolute atomic E-state index is 12.7. The number of ketones is 1. The molecule has 0 N–H and O–H groups in total. The first-order valence-corrected chi connectivity index (χ1v) is 5.02. The molecule has 0 aliphatic rings. The van der Waals surface area contributed by atoms with Gasteiger partial charge < -0.3 is 0 Å². The Kier molecular flexibility index (Phi) is 4.25. The van der Waals surface area contributed by atoms with Crippen LogP contribution in [0.2, 0.25) is 0 Å². The molecule has 0 saturated carbocycles. The van der Waals surface area contributed by atoms with E-state index in [1.165, 1.54) is 6.07 Å². The minimum atomic E-state index is -2.82. The molecule has 0 saturated heterocycles. The third-order valence-corrected chi connectivity index (χ3v) is 2.36. The van der Waals surface area contributed by atoms with Gasteiger partial charge in [0.25, 0.3) is 12.1 Å². The molecule has 1 aromatic carbocycles. The van der Waals surface area contributed by atoms with Crippen molar-refractivity contribution in [3.63, 3.8) is 0 Å². The Bertz CT molecular complexity index is 446. The molecule has 0 radical (unpaired) electrons. The van der Waals surface area contributed by atoms with Gasteiger partial charge in [-0.25, -0.2) is 8.78 Å². The summed E-state index contributed by atoms with van der Waals surface area (Å²) in [6.45, 7) is 1.63. The van der Waals surface area contributed by atoms with Crippen molar-refractivity contribution in [2.24, 2.45) is 0 Å². The summed E-state index contributed by atoms with van der Waals surface area (Å²) in [5.41, 5.74) is -0.688. The molecular formula is C11H11F2NO3. The molecule has 0 unspecified atom stereocenters. The SMILES string of the molecule is CCC(=O)Cc1ccc([N+](=O)[O-])cc1C(F)F. The third-order valence-electron chi connectivity index (χ3n) is 2.36. The molecule has 0 aliphatic heterocycles. The van der Waals surface area contributed by atoms with Crippen molar-refractivity contribution in [3.05, 3.63) is 39.4 Å². The number of carbonyl (C=O) groups excluding carboxylic acids is 1. The molecule has 6 heteroatoms. The number of nitro groups is 1. The molecule has 0 aromatic heterocycles. The van der Waals surface area contributed by atoms with Crippen LogP contribution in [0.5, 0.6) is 0 Å².